The molecule has 1 atom stereocenters. The van der Waals surface area contributed by atoms with Crippen molar-refractivity contribution in [1.82, 2.24) is 14.8 Å². The number of nitrogens with zero attached hydrogens (tertiary/aromatic N) is 4. The van der Waals surface area contributed by atoms with Gasteiger partial charge in [0.1, 0.15) is 6.10 Å². The Labute approximate surface area is 142 Å². The molecule has 24 heavy (non-hydrogen) atoms. The maximum absolute atomic E-state index is 12.0. The number of aryl methyl sites for hydroxylation is 1. The number of rotatable bonds is 6. The Morgan fingerprint density at radius 3 is 2.88 bits per heavy atom. The molecule has 0 radical (unpaired) electrons. The van der Waals surface area contributed by atoms with E-state index >= 15 is 0 Å². The SMILES string of the molecule is CCCCn1nc(C(C)O)nc1-c1cccc(N2CCCC2=O)c1. The second-order valence-electron chi connectivity index (χ2n) is 6.25. The molecule has 1 unspecified atom stereocenters. The lowest BCUT2D eigenvalue weighted by atomic mass is 10.1. The molecule has 2 heterocycles. The zero-order valence-corrected chi connectivity index (χ0v) is 14.3. The van der Waals surface area contributed by atoms with Crippen LogP contribution >= 0.6 is 0 Å². The number of unbranched alkanes of at least 4 members (excludes halogenated alkanes) is 1. The minimum absolute atomic E-state index is 0.171. The summed E-state index contributed by atoms with van der Waals surface area (Å²) in [5.41, 5.74) is 1.82. The summed E-state index contributed by atoms with van der Waals surface area (Å²) >= 11 is 0. The van der Waals surface area contributed by atoms with Gasteiger partial charge in [0, 0.05) is 30.8 Å². The predicted octanol–water partition coefficient (Wildman–Crippen LogP) is 2.93. The van der Waals surface area contributed by atoms with Crippen LogP contribution in [0.15, 0.2) is 24.3 Å². The number of carbonyl (C=O) groups is 1. The van der Waals surface area contributed by atoms with E-state index in [4.69, 9.17) is 0 Å². The van der Waals surface area contributed by atoms with E-state index in [9.17, 15) is 9.90 Å². The summed E-state index contributed by atoms with van der Waals surface area (Å²) in [5, 5.41) is 14.2. The third kappa shape index (κ3) is 3.33. The summed E-state index contributed by atoms with van der Waals surface area (Å²) < 4.78 is 1.86. The van der Waals surface area contributed by atoms with Gasteiger partial charge in [0.15, 0.2) is 11.6 Å². The van der Waals surface area contributed by atoms with Crippen molar-refractivity contribution in [1.29, 1.82) is 0 Å². The summed E-state index contributed by atoms with van der Waals surface area (Å²) in [4.78, 5) is 18.3. The van der Waals surface area contributed by atoms with E-state index in [-0.39, 0.29) is 5.91 Å². The van der Waals surface area contributed by atoms with Crippen molar-refractivity contribution in [3.05, 3.63) is 30.1 Å². The third-order valence-electron chi connectivity index (χ3n) is 4.27. The zero-order chi connectivity index (χ0) is 17.1. The van der Waals surface area contributed by atoms with Crippen LogP contribution < -0.4 is 4.90 Å². The first-order chi connectivity index (χ1) is 11.6. The van der Waals surface area contributed by atoms with Gasteiger partial charge < -0.3 is 10.0 Å². The Morgan fingerprint density at radius 2 is 2.21 bits per heavy atom. The molecule has 1 aliphatic rings. The number of carbonyl (C=O) groups excluding carboxylic acids is 1. The van der Waals surface area contributed by atoms with Gasteiger partial charge in [-0.05, 0) is 31.9 Å². The van der Waals surface area contributed by atoms with Crippen LogP contribution in [-0.4, -0.2) is 32.3 Å². The van der Waals surface area contributed by atoms with Crippen LogP contribution in [0.1, 0.15) is 51.5 Å². The normalized spacial score (nSPS) is 16.0. The first-order valence-corrected chi connectivity index (χ1v) is 8.63. The maximum atomic E-state index is 12.0. The molecule has 128 valence electrons. The minimum atomic E-state index is -0.699. The number of benzene rings is 1. The van der Waals surface area contributed by atoms with Gasteiger partial charge in [-0.25, -0.2) is 9.67 Å². The largest absolute Gasteiger partial charge is 0.385 e. The highest BCUT2D eigenvalue weighted by Gasteiger charge is 2.22. The minimum Gasteiger partial charge on any atom is -0.385 e. The lowest BCUT2D eigenvalue weighted by Gasteiger charge is -2.16. The van der Waals surface area contributed by atoms with E-state index in [0.29, 0.717) is 12.2 Å². The molecule has 2 aromatic rings. The summed E-state index contributed by atoms with van der Waals surface area (Å²) in [7, 11) is 0. The fourth-order valence-corrected chi connectivity index (χ4v) is 2.95. The molecule has 3 rings (SSSR count). The van der Waals surface area contributed by atoms with E-state index in [1.54, 1.807) is 6.92 Å². The van der Waals surface area contributed by atoms with Crippen LogP contribution in [0.4, 0.5) is 5.69 Å². The Morgan fingerprint density at radius 1 is 1.38 bits per heavy atom. The van der Waals surface area contributed by atoms with E-state index in [1.807, 2.05) is 33.8 Å². The second kappa shape index (κ2) is 7.13. The molecule has 1 N–H and O–H groups in total. The highest BCUT2D eigenvalue weighted by atomic mass is 16.3. The van der Waals surface area contributed by atoms with Gasteiger partial charge in [-0.3, -0.25) is 4.79 Å². The molecule has 6 heteroatoms. The average molecular weight is 328 g/mol. The summed E-state index contributed by atoms with van der Waals surface area (Å²) in [5.74, 6) is 1.35. The number of hydrogen-bond acceptors (Lipinski definition) is 4. The van der Waals surface area contributed by atoms with Gasteiger partial charge in [-0.2, -0.15) is 5.10 Å². The molecule has 1 amide bonds. The predicted molar refractivity (Wildman–Crippen MR) is 92.6 cm³/mol. The van der Waals surface area contributed by atoms with Crippen LogP contribution in [0.25, 0.3) is 11.4 Å². The van der Waals surface area contributed by atoms with E-state index in [0.717, 1.165) is 49.4 Å². The molecule has 1 aromatic carbocycles. The molecule has 1 aromatic heterocycles. The molecule has 6 nitrogen and oxygen atoms in total. The lowest BCUT2D eigenvalue weighted by Crippen LogP contribution is -2.23. The number of aliphatic hydroxyl groups is 1. The standard InChI is InChI=1S/C18H24N4O2/c1-3-4-11-22-18(19-17(20-22)13(2)23)14-7-5-8-15(12-14)21-10-6-9-16(21)24/h5,7-8,12-13,23H,3-4,6,9-11H2,1-2H3. The highest BCUT2D eigenvalue weighted by molar-refractivity contribution is 5.95. The van der Waals surface area contributed by atoms with Crippen molar-refractivity contribution in [3.63, 3.8) is 0 Å². The van der Waals surface area contributed by atoms with Crippen molar-refractivity contribution >= 4 is 11.6 Å². The van der Waals surface area contributed by atoms with E-state index in [2.05, 4.69) is 17.0 Å². The Kier molecular flexibility index (Phi) is 4.94. The van der Waals surface area contributed by atoms with Crippen LogP contribution in [-0.2, 0) is 11.3 Å². The topological polar surface area (TPSA) is 71.2 Å². The second-order valence-corrected chi connectivity index (χ2v) is 6.25. The molecular formula is C18H24N4O2. The van der Waals surface area contributed by atoms with Crippen molar-refractivity contribution in [3.8, 4) is 11.4 Å². The average Bonchev–Trinajstić information content (AvgIpc) is 3.19. The van der Waals surface area contributed by atoms with Crippen molar-refractivity contribution < 1.29 is 9.90 Å². The van der Waals surface area contributed by atoms with Gasteiger partial charge >= 0.3 is 0 Å². The van der Waals surface area contributed by atoms with Crippen LogP contribution in [0.5, 0.6) is 0 Å². The molecule has 0 saturated carbocycles. The fourth-order valence-electron chi connectivity index (χ4n) is 2.95. The smallest absolute Gasteiger partial charge is 0.227 e. The number of aromatic nitrogens is 3. The first-order valence-electron chi connectivity index (χ1n) is 8.63. The van der Waals surface area contributed by atoms with Gasteiger partial charge in [0.2, 0.25) is 5.91 Å². The highest BCUT2D eigenvalue weighted by Crippen LogP contribution is 2.27. The fraction of sp³-hybridized carbons (Fsp3) is 0.500. The van der Waals surface area contributed by atoms with Crippen molar-refractivity contribution in [2.45, 2.75) is 52.2 Å². The zero-order valence-electron chi connectivity index (χ0n) is 14.3. The summed E-state index contributed by atoms with van der Waals surface area (Å²) in [6, 6.07) is 7.86. The van der Waals surface area contributed by atoms with Crippen LogP contribution in [0, 0.1) is 0 Å². The monoisotopic (exact) mass is 328 g/mol. The maximum Gasteiger partial charge on any atom is 0.227 e. The molecule has 1 aliphatic heterocycles. The molecule has 1 saturated heterocycles. The Bertz CT molecular complexity index is 724. The molecule has 0 bridgehead atoms. The number of hydrogen-bond donors (Lipinski definition) is 1. The van der Waals surface area contributed by atoms with Gasteiger partial charge in [0.25, 0.3) is 0 Å². The van der Waals surface area contributed by atoms with Crippen molar-refractivity contribution in [2.24, 2.45) is 0 Å². The van der Waals surface area contributed by atoms with E-state index in [1.165, 1.54) is 0 Å². The quantitative estimate of drug-likeness (QED) is 0.885. The first kappa shape index (κ1) is 16.6. The Hall–Kier alpha value is -2.21. The van der Waals surface area contributed by atoms with Gasteiger partial charge in [-0.15, -0.1) is 0 Å². The summed E-state index contributed by atoms with van der Waals surface area (Å²) in [6.07, 6.45) is 2.88. The summed E-state index contributed by atoms with van der Waals surface area (Å²) in [6.45, 7) is 5.33. The molecule has 1 fully saturated rings. The van der Waals surface area contributed by atoms with Crippen LogP contribution in [0.3, 0.4) is 0 Å². The number of aliphatic hydroxyl groups excluding tert-OH is 1. The van der Waals surface area contributed by atoms with Gasteiger partial charge in [0.05, 0.1) is 0 Å². The number of anilines is 1. The third-order valence-corrected chi connectivity index (χ3v) is 4.27. The van der Waals surface area contributed by atoms with E-state index < -0.39 is 6.10 Å². The van der Waals surface area contributed by atoms with Gasteiger partial charge in [-0.1, -0.05) is 25.5 Å². The molecule has 0 aliphatic carbocycles. The molecular weight excluding hydrogens is 304 g/mol. The van der Waals surface area contributed by atoms with Crippen molar-refractivity contribution in [2.75, 3.05) is 11.4 Å². The van der Waals surface area contributed by atoms with Crippen LogP contribution in [0.2, 0.25) is 0 Å². The molecule has 0 spiro atoms. The lowest BCUT2D eigenvalue weighted by molar-refractivity contribution is -0.117. The number of amides is 1. The Balaban J connectivity index is 1.97.